The fourth-order valence-electron chi connectivity index (χ4n) is 3.42. The summed E-state index contributed by atoms with van der Waals surface area (Å²) < 4.78 is 6.47. The van der Waals surface area contributed by atoms with Gasteiger partial charge < -0.3 is 14.5 Å². The van der Waals surface area contributed by atoms with Crippen LogP contribution in [0.1, 0.15) is 27.2 Å². The van der Waals surface area contributed by atoms with E-state index < -0.39 is 11.6 Å². The first-order chi connectivity index (χ1) is 14.2. The molecule has 160 valence electrons. The lowest BCUT2D eigenvalue weighted by Gasteiger charge is -2.35. The molecule has 2 aliphatic heterocycles. The van der Waals surface area contributed by atoms with E-state index in [-0.39, 0.29) is 18.4 Å². The molecule has 30 heavy (non-hydrogen) atoms. The van der Waals surface area contributed by atoms with Gasteiger partial charge in [0.1, 0.15) is 5.60 Å². The van der Waals surface area contributed by atoms with Gasteiger partial charge in [0.05, 0.1) is 10.2 Å². The van der Waals surface area contributed by atoms with Gasteiger partial charge in [-0.15, -0.1) is 0 Å². The molecule has 0 radical (unpaired) electrons. The minimum atomic E-state index is -0.502. The Bertz CT molecular complexity index is 991. The number of fused-ring (bicyclic) bond motifs is 1. The van der Waals surface area contributed by atoms with Gasteiger partial charge in [-0.2, -0.15) is 0 Å². The van der Waals surface area contributed by atoms with Gasteiger partial charge in [0.2, 0.25) is 5.91 Å². The summed E-state index contributed by atoms with van der Waals surface area (Å²) in [6.07, 6.45) is 0.00275. The van der Waals surface area contributed by atoms with E-state index in [1.807, 2.05) is 39.0 Å². The van der Waals surface area contributed by atoms with E-state index in [1.165, 1.54) is 0 Å². The highest BCUT2D eigenvalue weighted by molar-refractivity contribution is 7.22. The molecule has 9 nitrogen and oxygen atoms in total. The number of rotatable bonds is 2. The number of urea groups is 1. The monoisotopic (exact) mass is 431 g/mol. The number of ether oxygens (including phenoxy) is 1. The van der Waals surface area contributed by atoms with E-state index >= 15 is 0 Å². The number of piperazine rings is 1. The van der Waals surface area contributed by atoms with Crippen molar-refractivity contribution < 1.29 is 19.1 Å². The SMILES string of the molecule is CC(C)(C)OC(=O)N1CCN(c2nc3cc(N4CCC(=O)NC4=O)ccc3s2)CC1. The molecule has 2 aromatic rings. The fraction of sp³-hybridized carbons (Fsp3) is 0.500. The molecular formula is C20H25N5O4S. The molecule has 0 atom stereocenters. The number of carbonyl (C=O) groups is 3. The zero-order valence-corrected chi connectivity index (χ0v) is 18.1. The Hall–Kier alpha value is -2.88. The number of aromatic nitrogens is 1. The van der Waals surface area contributed by atoms with Crippen molar-refractivity contribution in [3.8, 4) is 0 Å². The zero-order chi connectivity index (χ0) is 21.5. The van der Waals surface area contributed by atoms with E-state index in [2.05, 4.69) is 10.2 Å². The predicted octanol–water partition coefficient (Wildman–Crippen LogP) is 2.80. The summed E-state index contributed by atoms with van der Waals surface area (Å²) in [6, 6.07) is 5.30. The van der Waals surface area contributed by atoms with Crippen LogP contribution in [0.4, 0.5) is 20.4 Å². The minimum Gasteiger partial charge on any atom is -0.444 e. The first-order valence-electron chi connectivity index (χ1n) is 9.94. The summed E-state index contributed by atoms with van der Waals surface area (Å²) in [5.74, 6) is -0.251. The number of carbonyl (C=O) groups excluding carboxylic acids is 3. The van der Waals surface area contributed by atoms with Crippen LogP contribution in [0.5, 0.6) is 0 Å². The van der Waals surface area contributed by atoms with Crippen LogP contribution in [-0.2, 0) is 9.53 Å². The van der Waals surface area contributed by atoms with Crippen LogP contribution in [0.3, 0.4) is 0 Å². The molecule has 1 aromatic carbocycles. The van der Waals surface area contributed by atoms with Crippen LogP contribution >= 0.6 is 11.3 Å². The smallest absolute Gasteiger partial charge is 0.410 e. The van der Waals surface area contributed by atoms with Gasteiger partial charge in [-0.1, -0.05) is 11.3 Å². The third-order valence-corrected chi connectivity index (χ3v) is 6.02. The third kappa shape index (κ3) is 4.33. The predicted molar refractivity (Wildman–Crippen MR) is 115 cm³/mol. The highest BCUT2D eigenvalue weighted by atomic mass is 32.1. The second-order valence-electron chi connectivity index (χ2n) is 8.36. The highest BCUT2D eigenvalue weighted by Gasteiger charge is 2.28. The van der Waals surface area contributed by atoms with Crippen LogP contribution in [0.15, 0.2) is 18.2 Å². The van der Waals surface area contributed by atoms with Crippen molar-refractivity contribution in [1.29, 1.82) is 0 Å². The summed E-state index contributed by atoms with van der Waals surface area (Å²) in [6.45, 7) is 8.48. The van der Waals surface area contributed by atoms with Crippen LogP contribution in [0.25, 0.3) is 10.2 Å². The molecule has 1 aromatic heterocycles. The van der Waals surface area contributed by atoms with Gasteiger partial charge in [0.15, 0.2) is 5.13 Å². The van der Waals surface area contributed by atoms with Gasteiger partial charge in [0.25, 0.3) is 0 Å². The third-order valence-electron chi connectivity index (χ3n) is 4.93. The Morgan fingerprint density at radius 2 is 1.87 bits per heavy atom. The molecule has 2 aliphatic rings. The number of amides is 4. The van der Waals surface area contributed by atoms with Gasteiger partial charge in [-0.05, 0) is 39.0 Å². The lowest BCUT2D eigenvalue weighted by atomic mass is 10.2. The Morgan fingerprint density at radius 3 is 2.53 bits per heavy atom. The number of hydrogen-bond acceptors (Lipinski definition) is 7. The van der Waals surface area contributed by atoms with Crippen molar-refractivity contribution in [3.63, 3.8) is 0 Å². The van der Waals surface area contributed by atoms with Crippen molar-refractivity contribution >= 4 is 50.4 Å². The average Bonchev–Trinajstić information content (AvgIpc) is 3.10. The van der Waals surface area contributed by atoms with E-state index in [4.69, 9.17) is 9.72 Å². The Labute approximate surface area is 178 Å². The quantitative estimate of drug-likeness (QED) is 0.786. The second-order valence-corrected chi connectivity index (χ2v) is 9.37. The first kappa shape index (κ1) is 20.4. The van der Waals surface area contributed by atoms with Crippen molar-refractivity contribution in [2.24, 2.45) is 0 Å². The molecular weight excluding hydrogens is 406 g/mol. The van der Waals surface area contributed by atoms with E-state index in [0.29, 0.717) is 32.7 Å². The number of anilines is 2. The van der Waals surface area contributed by atoms with Crippen LogP contribution in [0, 0.1) is 0 Å². The second kappa shape index (κ2) is 7.75. The largest absolute Gasteiger partial charge is 0.444 e. The van der Waals surface area contributed by atoms with Crippen molar-refractivity contribution in [1.82, 2.24) is 15.2 Å². The number of imide groups is 1. The standard InChI is InChI=1S/C20H25N5O4S/c1-20(2,3)29-19(28)24-10-8-23(9-11-24)18-21-14-12-13(4-5-15(14)30-18)25-7-6-16(26)22-17(25)27/h4-5,12H,6-11H2,1-3H3,(H,22,26,27). The molecule has 2 saturated heterocycles. The molecule has 0 spiro atoms. The lowest BCUT2D eigenvalue weighted by Crippen LogP contribution is -2.50. The normalized spacial score (nSPS) is 18.0. The number of thiazole rings is 1. The summed E-state index contributed by atoms with van der Waals surface area (Å²) >= 11 is 1.59. The summed E-state index contributed by atoms with van der Waals surface area (Å²) in [7, 11) is 0. The van der Waals surface area contributed by atoms with Crippen molar-refractivity contribution in [3.05, 3.63) is 18.2 Å². The number of nitrogens with one attached hydrogen (secondary N) is 1. The average molecular weight is 432 g/mol. The number of hydrogen-bond donors (Lipinski definition) is 1. The molecule has 1 N–H and O–H groups in total. The number of nitrogens with zero attached hydrogens (tertiary/aromatic N) is 4. The Balaban J connectivity index is 1.44. The summed E-state index contributed by atoms with van der Waals surface area (Å²) in [5.41, 5.74) is 1.03. The van der Waals surface area contributed by atoms with Crippen LogP contribution in [0.2, 0.25) is 0 Å². The van der Waals surface area contributed by atoms with Gasteiger partial charge in [-0.3, -0.25) is 15.0 Å². The van der Waals surface area contributed by atoms with Gasteiger partial charge in [0, 0.05) is 44.8 Å². The van der Waals surface area contributed by atoms with E-state index in [1.54, 1.807) is 21.1 Å². The molecule has 2 fully saturated rings. The van der Waals surface area contributed by atoms with Crippen LogP contribution in [-0.4, -0.2) is 66.2 Å². The minimum absolute atomic E-state index is 0.251. The molecule has 0 bridgehead atoms. The topological polar surface area (TPSA) is 95.1 Å². The maximum absolute atomic E-state index is 12.2. The maximum Gasteiger partial charge on any atom is 0.410 e. The molecule has 0 saturated carbocycles. The maximum atomic E-state index is 12.2. The van der Waals surface area contributed by atoms with Crippen molar-refractivity contribution in [2.75, 3.05) is 42.5 Å². The lowest BCUT2D eigenvalue weighted by molar-refractivity contribution is -0.120. The number of benzene rings is 1. The van der Waals surface area contributed by atoms with E-state index in [9.17, 15) is 14.4 Å². The molecule has 4 rings (SSSR count). The Morgan fingerprint density at radius 1 is 1.13 bits per heavy atom. The van der Waals surface area contributed by atoms with Gasteiger partial charge in [-0.25, -0.2) is 14.6 Å². The zero-order valence-electron chi connectivity index (χ0n) is 17.3. The van der Waals surface area contributed by atoms with Crippen molar-refractivity contribution in [2.45, 2.75) is 32.8 Å². The fourth-order valence-corrected chi connectivity index (χ4v) is 4.42. The highest BCUT2D eigenvalue weighted by Crippen LogP contribution is 2.32. The molecule has 4 amide bonds. The Kier molecular flexibility index (Phi) is 5.27. The molecule has 3 heterocycles. The van der Waals surface area contributed by atoms with E-state index in [0.717, 1.165) is 21.0 Å². The first-order valence-corrected chi connectivity index (χ1v) is 10.8. The molecule has 0 unspecified atom stereocenters. The molecule has 0 aliphatic carbocycles. The van der Waals surface area contributed by atoms with Gasteiger partial charge >= 0.3 is 12.1 Å². The summed E-state index contributed by atoms with van der Waals surface area (Å²) in [5, 5.41) is 3.23. The molecule has 10 heteroatoms. The van der Waals surface area contributed by atoms with Crippen LogP contribution < -0.4 is 15.1 Å². The summed E-state index contributed by atoms with van der Waals surface area (Å²) in [4.78, 5) is 45.9.